The molecule has 88 heavy (non-hydrogen) atoms. The third-order valence-electron chi connectivity index (χ3n) is 18.2. The summed E-state index contributed by atoms with van der Waals surface area (Å²) in [6.45, 7) is 0. The average molecular weight is 1120 g/mol. The predicted octanol–water partition coefficient (Wildman–Crippen LogP) is 24.3. The van der Waals surface area contributed by atoms with Crippen molar-refractivity contribution in [3.8, 4) is 44.5 Å². The summed E-state index contributed by atoms with van der Waals surface area (Å²) in [6.07, 6.45) is 0. The van der Waals surface area contributed by atoms with E-state index in [1.165, 1.54) is 32.7 Å². The minimum Gasteiger partial charge on any atom is -0.456 e. The van der Waals surface area contributed by atoms with Crippen molar-refractivity contribution < 1.29 is 8.83 Å². The number of rotatable bonds is 10. The molecule has 2 aromatic heterocycles. The van der Waals surface area contributed by atoms with Crippen LogP contribution in [0.4, 0.5) is 34.1 Å². The second-order valence-corrected chi connectivity index (χ2v) is 23.1. The van der Waals surface area contributed by atoms with E-state index in [0.29, 0.717) is 0 Å². The molecule has 0 atom stereocenters. The summed E-state index contributed by atoms with van der Waals surface area (Å²) < 4.78 is 13.1. The van der Waals surface area contributed by atoms with E-state index in [1.807, 2.05) is 12.1 Å². The number of benzene rings is 16. The molecule has 410 valence electrons. The molecule has 0 saturated heterocycles. The van der Waals surface area contributed by atoms with Gasteiger partial charge in [-0.05, 0) is 138 Å². The fourth-order valence-electron chi connectivity index (χ4n) is 14.1. The molecule has 18 aromatic rings. The number of hydrogen-bond acceptors (Lipinski definition) is 4. The molecule has 0 aliphatic rings. The van der Waals surface area contributed by atoms with Crippen LogP contribution in [-0.2, 0) is 0 Å². The highest BCUT2D eigenvalue weighted by atomic mass is 16.3. The zero-order chi connectivity index (χ0) is 57.8. The Labute approximate surface area is 507 Å². The quantitative estimate of drug-likeness (QED) is 0.128. The van der Waals surface area contributed by atoms with Gasteiger partial charge in [0.2, 0.25) is 0 Å². The highest BCUT2D eigenvalue weighted by molar-refractivity contribution is 6.29. The molecule has 16 aromatic carbocycles. The van der Waals surface area contributed by atoms with E-state index in [-0.39, 0.29) is 0 Å². The summed E-state index contributed by atoms with van der Waals surface area (Å²) in [5.74, 6) is 0. The van der Waals surface area contributed by atoms with E-state index in [0.717, 1.165) is 144 Å². The molecule has 0 bridgehead atoms. The first kappa shape index (κ1) is 49.7. The second-order valence-electron chi connectivity index (χ2n) is 23.1. The maximum Gasteiger partial charge on any atom is 0.135 e. The molecule has 4 heteroatoms. The number of anilines is 6. The standard InChI is InChI=1S/C84H52N2O2/c1-5-17-53(18-6-1)61-31-29-57-33-41-65(55-21-9-3-10-22-55)83(71(57)49-61)85(63-39-47-79-73(51-63)67-25-13-15-27-77(67)87-79)75-45-37-59-36-44-70-76(46-38-60-35-43-69(75)81(59)82(60)70)86(64-40-48-80-74(52-64)68-26-14-16-28-78(68)88-80)84-66(56-23-11-4-12-24-56)42-34-58-30-32-62(50-72(58)84)54-19-7-2-8-20-54/h1-52H. The lowest BCUT2D eigenvalue weighted by Crippen LogP contribution is -2.13. The third kappa shape index (κ3) is 7.93. The topological polar surface area (TPSA) is 32.8 Å². The first-order valence-corrected chi connectivity index (χ1v) is 30.1. The van der Waals surface area contributed by atoms with Gasteiger partial charge in [-0.15, -0.1) is 0 Å². The largest absolute Gasteiger partial charge is 0.456 e. The Morgan fingerprint density at radius 1 is 0.205 bits per heavy atom. The van der Waals surface area contributed by atoms with Gasteiger partial charge in [0.25, 0.3) is 0 Å². The Morgan fingerprint density at radius 3 is 0.989 bits per heavy atom. The van der Waals surface area contributed by atoms with Crippen LogP contribution in [0.25, 0.3) is 142 Å². The van der Waals surface area contributed by atoms with Crippen molar-refractivity contribution in [1.82, 2.24) is 0 Å². The highest BCUT2D eigenvalue weighted by Gasteiger charge is 2.28. The molecule has 0 unspecified atom stereocenters. The number of furan rings is 2. The van der Waals surface area contributed by atoms with Crippen molar-refractivity contribution in [3.63, 3.8) is 0 Å². The molecule has 0 fully saturated rings. The van der Waals surface area contributed by atoms with Gasteiger partial charge in [0, 0.05) is 65.6 Å². The van der Waals surface area contributed by atoms with Gasteiger partial charge in [0.15, 0.2) is 0 Å². The third-order valence-corrected chi connectivity index (χ3v) is 18.2. The van der Waals surface area contributed by atoms with Gasteiger partial charge in [0.1, 0.15) is 22.3 Å². The Balaban J connectivity index is 0.943. The van der Waals surface area contributed by atoms with Crippen molar-refractivity contribution in [3.05, 3.63) is 315 Å². The molecule has 0 aliphatic heterocycles. The smallest absolute Gasteiger partial charge is 0.135 e. The molecule has 0 amide bonds. The Morgan fingerprint density at radius 2 is 0.557 bits per heavy atom. The van der Waals surface area contributed by atoms with Crippen LogP contribution in [-0.4, -0.2) is 0 Å². The Bertz CT molecular complexity index is 5380. The van der Waals surface area contributed by atoms with Crippen LogP contribution in [0.1, 0.15) is 0 Å². The SMILES string of the molecule is c1ccc(-c2ccc3ccc(-c4ccccc4)c(N(c4ccc5oc6ccccc6c5c4)c4ccc5ccc6c(N(c7ccc8oc9ccccc9c8c7)c7c(-c8ccccc8)ccc8ccc(-c9ccccc9)cc78)ccc7ccc4c5c76)c3c2)cc1. The molecule has 18 rings (SSSR count). The van der Waals surface area contributed by atoms with E-state index in [2.05, 4.69) is 313 Å². The Hall–Kier alpha value is -11.7. The minimum atomic E-state index is 0.850. The first-order chi connectivity index (χ1) is 43.6. The van der Waals surface area contributed by atoms with Crippen molar-refractivity contribution in [2.75, 3.05) is 9.80 Å². The van der Waals surface area contributed by atoms with E-state index in [1.54, 1.807) is 0 Å². The van der Waals surface area contributed by atoms with Crippen molar-refractivity contribution in [2.24, 2.45) is 0 Å². The van der Waals surface area contributed by atoms with Gasteiger partial charge in [0.05, 0.1) is 22.7 Å². The average Bonchev–Trinajstić information content (AvgIpc) is 0.985. The van der Waals surface area contributed by atoms with Crippen molar-refractivity contribution in [2.45, 2.75) is 0 Å². The lowest BCUT2D eigenvalue weighted by molar-refractivity contribution is 0.668. The maximum absolute atomic E-state index is 6.56. The van der Waals surface area contributed by atoms with Gasteiger partial charge < -0.3 is 18.6 Å². The number of para-hydroxylation sites is 2. The summed E-state index contributed by atoms with van der Waals surface area (Å²) in [4.78, 5) is 5.08. The normalized spacial score (nSPS) is 11.9. The van der Waals surface area contributed by atoms with Gasteiger partial charge in [-0.2, -0.15) is 0 Å². The molecular formula is C84H52N2O2. The summed E-state index contributed by atoms with van der Waals surface area (Å²) in [7, 11) is 0. The summed E-state index contributed by atoms with van der Waals surface area (Å²) in [6, 6.07) is 115. The molecule has 0 N–H and O–H groups in total. The Kier molecular flexibility index (Phi) is 11.3. The lowest BCUT2D eigenvalue weighted by Gasteiger charge is -2.32. The highest BCUT2D eigenvalue weighted by Crippen LogP contribution is 2.54. The van der Waals surface area contributed by atoms with Crippen LogP contribution >= 0.6 is 0 Å². The molecular weight excluding hydrogens is 1070 g/mol. The van der Waals surface area contributed by atoms with E-state index < -0.39 is 0 Å². The van der Waals surface area contributed by atoms with Gasteiger partial charge in [-0.3, -0.25) is 0 Å². The zero-order valence-electron chi connectivity index (χ0n) is 47.7. The molecule has 0 saturated carbocycles. The minimum absolute atomic E-state index is 0.850. The van der Waals surface area contributed by atoms with E-state index in [9.17, 15) is 0 Å². The van der Waals surface area contributed by atoms with E-state index in [4.69, 9.17) is 8.83 Å². The monoisotopic (exact) mass is 1120 g/mol. The number of nitrogens with zero attached hydrogens (tertiary/aromatic N) is 2. The van der Waals surface area contributed by atoms with Crippen LogP contribution in [0.15, 0.2) is 324 Å². The van der Waals surface area contributed by atoms with Crippen LogP contribution in [0.2, 0.25) is 0 Å². The van der Waals surface area contributed by atoms with Gasteiger partial charge in [-0.25, -0.2) is 0 Å². The second kappa shape index (κ2) is 20.0. The first-order valence-electron chi connectivity index (χ1n) is 30.1. The maximum atomic E-state index is 6.56. The predicted molar refractivity (Wildman–Crippen MR) is 371 cm³/mol. The number of hydrogen-bond donors (Lipinski definition) is 0. The van der Waals surface area contributed by atoms with E-state index >= 15 is 0 Å². The molecule has 4 nitrogen and oxygen atoms in total. The van der Waals surface area contributed by atoms with Crippen LogP contribution in [0, 0.1) is 0 Å². The number of fused-ring (bicyclic) bond motifs is 8. The fourth-order valence-corrected chi connectivity index (χ4v) is 14.1. The van der Waals surface area contributed by atoms with Crippen molar-refractivity contribution >= 4 is 132 Å². The van der Waals surface area contributed by atoms with Crippen LogP contribution < -0.4 is 9.80 Å². The molecule has 0 aliphatic carbocycles. The summed E-state index contributed by atoms with van der Waals surface area (Å²) in [5.41, 5.74) is 19.0. The fraction of sp³-hybridized carbons (Fsp3) is 0. The zero-order valence-corrected chi connectivity index (χ0v) is 47.7. The van der Waals surface area contributed by atoms with Crippen molar-refractivity contribution in [1.29, 1.82) is 0 Å². The van der Waals surface area contributed by atoms with Gasteiger partial charge >= 0.3 is 0 Å². The molecule has 0 radical (unpaired) electrons. The summed E-state index contributed by atoms with van der Waals surface area (Å²) >= 11 is 0. The van der Waals surface area contributed by atoms with Gasteiger partial charge in [-0.1, -0.05) is 243 Å². The van der Waals surface area contributed by atoms with Crippen LogP contribution in [0.5, 0.6) is 0 Å². The molecule has 0 spiro atoms. The lowest BCUT2D eigenvalue weighted by atomic mass is 9.90. The van der Waals surface area contributed by atoms with Crippen LogP contribution in [0.3, 0.4) is 0 Å². The summed E-state index contributed by atoms with van der Waals surface area (Å²) in [5, 5.41) is 15.9. The molecule has 2 heterocycles.